The zero-order chi connectivity index (χ0) is 14.8. The maximum absolute atomic E-state index is 10.5. The number of allylic oxidation sites excluding steroid dienone is 4. The van der Waals surface area contributed by atoms with E-state index in [1.165, 1.54) is 11.1 Å². The molecule has 0 saturated carbocycles. The molecule has 0 spiro atoms. The van der Waals surface area contributed by atoms with Crippen molar-refractivity contribution in [3.8, 4) is 0 Å². The molecule has 1 unspecified atom stereocenters. The van der Waals surface area contributed by atoms with Gasteiger partial charge < -0.3 is 5.11 Å². The predicted octanol–water partition coefficient (Wildman–Crippen LogP) is 5.21. The van der Waals surface area contributed by atoms with E-state index in [1.807, 2.05) is 0 Å². The van der Waals surface area contributed by atoms with Gasteiger partial charge in [0.25, 0.3) is 0 Å². The monoisotopic (exact) mass is 266 g/mol. The summed E-state index contributed by atoms with van der Waals surface area (Å²) >= 11 is 0. The third-order valence-electron chi connectivity index (χ3n) is 3.36. The SMILES string of the molecule is CC(C)=CC/C(=C\CC(C)CCCC(=O)O)C(C)C. The van der Waals surface area contributed by atoms with E-state index in [0.29, 0.717) is 18.3 Å². The largest absolute Gasteiger partial charge is 0.481 e. The minimum absolute atomic E-state index is 0.295. The Morgan fingerprint density at radius 2 is 1.79 bits per heavy atom. The van der Waals surface area contributed by atoms with Gasteiger partial charge in [-0.2, -0.15) is 0 Å². The Morgan fingerprint density at radius 3 is 2.26 bits per heavy atom. The first-order valence-corrected chi connectivity index (χ1v) is 7.37. The van der Waals surface area contributed by atoms with Crippen LogP contribution in [0.2, 0.25) is 0 Å². The van der Waals surface area contributed by atoms with E-state index in [1.54, 1.807) is 0 Å². The fourth-order valence-electron chi connectivity index (χ4n) is 1.95. The van der Waals surface area contributed by atoms with Gasteiger partial charge in [0.15, 0.2) is 0 Å². The van der Waals surface area contributed by atoms with Gasteiger partial charge in [-0.05, 0) is 51.4 Å². The van der Waals surface area contributed by atoms with Crippen LogP contribution in [0.5, 0.6) is 0 Å². The quantitative estimate of drug-likeness (QED) is 0.582. The van der Waals surface area contributed by atoms with E-state index >= 15 is 0 Å². The molecule has 0 aliphatic heterocycles. The summed E-state index contributed by atoms with van der Waals surface area (Å²) in [5.74, 6) is 0.468. The first-order chi connectivity index (χ1) is 8.82. The first kappa shape index (κ1) is 17.9. The van der Waals surface area contributed by atoms with Gasteiger partial charge in [-0.15, -0.1) is 0 Å². The zero-order valence-corrected chi connectivity index (χ0v) is 13.2. The number of rotatable bonds is 9. The summed E-state index contributed by atoms with van der Waals surface area (Å²) in [5.41, 5.74) is 2.85. The van der Waals surface area contributed by atoms with Gasteiger partial charge in [-0.25, -0.2) is 0 Å². The maximum Gasteiger partial charge on any atom is 0.303 e. The van der Waals surface area contributed by atoms with Crippen LogP contribution in [-0.2, 0) is 4.79 Å². The second-order valence-electron chi connectivity index (χ2n) is 6.05. The molecule has 0 aromatic heterocycles. The highest BCUT2D eigenvalue weighted by Gasteiger charge is 2.06. The molecule has 0 aliphatic rings. The Hall–Kier alpha value is -1.05. The van der Waals surface area contributed by atoms with Crippen molar-refractivity contribution in [2.75, 3.05) is 0 Å². The summed E-state index contributed by atoms with van der Waals surface area (Å²) in [6.07, 6.45) is 8.82. The Labute approximate surface area is 118 Å². The van der Waals surface area contributed by atoms with Crippen LogP contribution < -0.4 is 0 Å². The maximum atomic E-state index is 10.5. The summed E-state index contributed by atoms with van der Waals surface area (Å²) < 4.78 is 0. The lowest BCUT2D eigenvalue weighted by molar-refractivity contribution is -0.137. The zero-order valence-electron chi connectivity index (χ0n) is 13.2. The molecule has 0 aromatic rings. The lowest BCUT2D eigenvalue weighted by atomic mass is 9.93. The van der Waals surface area contributed by atoms with Gasteiger partial charge in [0.1, 0.15) is 0 Å². The second kappa shape index (κ2) is 9.82. The van der Waals surface area contributed by atoms with Crippen molar-refractivity contribution in [3.05, 3.63) is 23.3 Å². The Kier molecular flexibility index (Phi) is 9.28. The summed E-state index contributed by atoms with van der Waals surface area (Å²) in [6, 6.07) is 0. The molecule has 0 aromatic carbocycles. The molecule has 2 nitrogen and oxygen atoms in total. The molecule has 0 saturated heterocycles. The van der Waals surface area contributed by atoms with Crippen molar-refractivity contribution in [1.29, 1.82) is 0 Å². The number of aliphatic carboxylic acids is 1. The Morgan fingerprint density at radius 1 is 1.16 bits per heavy atom. The van der Waals surface area contributed by atoms with E-state index in [2.05, 4.69) is 46.8 Å². The number of hydrogen-bond donors (Lipinski definition) is 1. The average Bonchev–Trinajstić information content (AvgIpc) is 2.27. The van der Waals surface area contributed by atoms with Gasteiger partial charge in [0.2, 0.25) is 0 Å². The number of carboxylic acids is 1. The Bertz CT molecular complexity index is 320. The molecule has 0 bridgehead atoms. The van der Waals surface area contributed by atoms with Crippen LogP contribution in [0.1, 0.15) is 66.7 Å². The third kappa shape index (κ3) is 10.5. The highest BCUT2D eigenvalue weighted by atomic mass is 16.4. The molecular formula is C17H30O2. The van der Waals surface area contributed by atoms with Gasteiger partial charge in [0.05, 0.1) is 0 Å². The highest BCUT2D eigenvalue weighted by molar-refractivity contribution is 5.66. The van der Waals surface area contributed by atoms with Crippen molar-refractivity contribution < 1.29 is 9.90 Å². The molecule has 0 fully saturated rings. The molecule has 0 amide bonds. The van der Waals surface area contributed by atoms with Crippen molar-refractivity contribution >= 4 is 5.97 Å². The Balaban J connectivity index is 4.21. The minimum Gasteiger partial charge on any atom is -0.481 e. The fourth-order valence-corrected chi connectivity index (χ4v) is 1.95. The molecular weight excluding hydrogens is 236 g/mol. The third-order valence-corrected chi connectivity index (χ3v) is 3.36. The number of hydrogen-bond acceptors (Lipinski definition) is 1. The molecule has 2 heteroatoms. The average molecular weight is 266 g/mol. The molecule has 19 heavy (non-hydrogen) atoms. The highest BCUT2D eigenvalue weighted by Crippen LogP contribution is 2.20. The van der Waals surface area contributed by atoms with E-state index < -0.39 is 5.97 Å². The van der Waals surface area contributed by atoms with E-state index in [-0.39, 0.29) is 0 Å². The molecule has 1 atom stereocenters. The standard InChI is InChI=1S/C17H30O2/c1-13(2)9-11-16(14(3)4)12-10-15(5)7-6-8-17(18)19/h9,12,14-15H,6-8,10-11H2,1-5H3,(H,18,19)/b16-12+. The lowest BCUT2D eigenvalue weighted by Crippen LogP contribution is -2.00. The van der Waals surface area contributed by atoms with Gasteiger partial charge >= 0.3 is 5.97 Å². The number of carboxylic acid groups (broad SMARTS) is 1. The number of carbonyl (C=O) groups is 1. The second-order valence-corrected chi connectivity index (χ2v) is 6.05. The van der Waals surface area contributed by atoms with Crippen LogP contribution in [0, 0.1) is 11.8 Å². The summed E-state index contributed by atoms with van der Waals surface area (Å²) in [7, 11) is 0. The summed E-state index contributed by atoms with van der Waals surface area (Å²) in [6.45, 7) is 10.9. The predicted molar refractivity (Wildman–Crippen MR) is 82.2 cm³/mol. The van der Waals surface area contributed by atoms with Crippen molar-refractivity contribution in [2.24, 2.45) is 11.8 Å². The fraction of sp³-hybridized carbons (Fsp3) is 0.706. The molecule has 110 valence electrons. The van der Waals surface area contributed by atoms with Crippen molar-refractivity contribution in [2.45, 2.75) is 66.7 Å². The summed E-state index contributed by atoms with van der Waals surface area (Å²) in [4.78, 5) is 10.5. The van der Waals surface area contributed by atoms with Crippen LogP contribution in [0.4, 0.5) is 0 Å². The van der Waals surface area contributed by atoms with E-state index in [4.69, 9.17) is 5.11 Å². The molecule has 0 aliphatic carbocycles. The molecule has 0 radical (unpaired) electrons. The van der Waals surface area contributed by atoms with Crippen LogP contribution in [0.25, 0.3) is 0 Å². The van der Waals surface area contributed by atoms with Gasteiger partial charge in [-0.3, -0.25) is 4.79 Å². The normalized spacial score (nSPS) is 13.5. The van der Waals surface area contributed by atoms with Crippen molar-refractivity contribution in [3.63, 3.8) is 0 Å². The molecule has 0 heterocycles. The topological polar surface area (TPSA) is 37.3 Å². The molecule has 1 N–H and O–H groups in total. The van der Waals surface area contributed by atoms with Gasteiger partial charge in [-0.1, -0.05) is 44.1 Å². The van der Waals surface area contributed by atoms with Crippen LogP contribution >= 0.6 is 0 Å². The first-order valence-electron chi connectivity index (χ1n) is 7.37. The van der Waals surface area contributed by atoms with Crippen LogP contribution in [-0.4, -0.2) is 11.1 Å². The van der Waals surface area contributed by atoms with Gasteiger partial charge in [0, 0.05) is 6.42 Å². The van der Waals surface area contributed by atoms with E-state index in [9.17, 15) is 4.79 Å². The van der Waals surface area contributed by atoms with Crippen molar-refractivity contribution in [1.82, 2.24) is 0 Å². The summed E-state index contributed by atoms with van der Waals surface area (Å²) in [5, 5.41) is 8.62. The lowest BCUT2D eigenvalue weighted by Gasteiger charge is -2.13. The van der Waals surface area contributed by atoms with Crippen LogP contribution in [0.15, 0.2) is 23.3 Å². The molecule has 0 rings (SSSR count). The minimum atomic E-state index is -0.686. The van der Waals surface area contributed by atoms with E-state index in [0.717, 1.165) is 25.7 Å². The van der Waals surface area contributed by atoms with Crippen LogP contribution in [0.3, 0.4) is 0 Å². The smallest absolute Gasteiger partial charge is 0.303 e.